The number of aliphatic hydroxyl groups is 2. The van der Waals surface area contributed by atoms with Crippen molar-refractivity contribution in [2.24, 2.45) is 22.7 Å². The van der Waals surface area contributed by atoms with Crippen LogP contribution in [0.15, 0.2) is 35.5 Å². The smallest absolute Gasteiger partial charge is 0.0849 e. The van der Waals surface area contributed by atoms with Crippen molar-refractivity contribution in [2.45, 2.75) is 131 Å². The minimum atomic E-state index is -1.02. The van der Waals surface area contributed by atoms with Gasteiger partial charge in [0.05, 0.1) is 11.7 Å². The molecule has 2 rings (SSSR count). The van der Waals surface area contributed by atoms with E-state index in [0.717, 1.165) is 25.2 Å². The molecule has 2 aliphatic rings. The predicted molar refractivity (Wildman–Crippen MR) is 139 cm³/mol. The van der Waals surface area contributed by atoms with Crippen LogP contribution >= 0.6 is 0 Å². The Kier molecular flexibility index (Phi) is 9.45. The van der Waals surface area contributed by atoms with Crippen LogP contribution < -0.4 is 0 Å². The van der Waals surface area contributed by atoms with Crippen LogP contribution in [0, 0.1) is 22.7 Å². The molecule has 2 aliphatic carbocycles. The fourth-order valence-electron chi connectivity index (χ4n) is 6.77. The summed E-state index contributed by atoms with van der Waals surface area (Å²) < 4.78 is 0. The van der Waals surface area contributed by atoms with Gasteiger partial charge >= 0.3 is 0 Å². The molecule has 184 valence electrons. The summed E-state index contributed by atoms with van der Waals surface area (Å²) in [5, 5.41) is 19.9. The third kappa shape index (κ3) is 7.07. The van der Waals surface area contributed by atoms with E-state index in [1.54, 1.807) is 13.8 Å². The maximum atomic E-state index is 10.00. The van der Waals surface area contributed by atoms with E-state index in [4.69, 9.17) is 0 Å². The van der Waals surface area contributed by atoms with Crippen molar-refractivity contribution in [3.63, 3.8) is 0 Å². The third-order valence-corrected chi connectivity index (χ3v) is 8.93. The SMILES string of the molecule is C=C1CC[C@H]2C(C)(C)CCC[C@]2(C)[C@H]1CC/C=C(\C)CC/C=C(\C)CC[C@@H](O)C(C)(C)O. The van der Waals surface area contributed by atoms with Gasteiger partial charge in [-0.25, -0.2) is 0 Å². The summed E-state index contributed by atoms with van der Waals surface area (Å²) in [5.74, 6) is 1.52. The highest BCUT2D eigenvalue weighted by molar-refractivity contribution is 5.16. The minimum absolute atomic E-state index is 0.437. The Bertz CT molecular complexity index is 690. The summed E-state index contributed by atoms with van der Waals surface area (Å²) >= 11 is 0. The quantitative estimate of drug-likeness (QED) is 0.334. The van der Waals surface area contributed by atoms with Gasteiger partial charge in [0.2, 0.25) is 0 Å². The van der Waals surface area contributed by atoms with Gasteiger partial charge in [-0.05, 0) is 115 Å². The first-order valence-electron chi connectivity index (χ1n) is 13.2. The second-order valence-electron chi connectivity index (χ2n) is 12.6. The lowest BCUT2D eigenvalue weighted by Crippen LogP contribution is -2.49. The highest BCUT2D eigenvalue weighted by atomic mass is 16.3. The van der Waals surface area contributed by atoms with Gasteiger partial charge in [-0.15, -0.1) is 0 Å². The van der Waals surface area contributed by atoms with Crippen LogP contribution in [0.4, 0.5) is 0 Å². The lowest BCUT2D eigenvalue weighted by molar-refractivity contribution is -0.0537. The van der Waals surface area contributed by atoms with Gasteiger partial charge in [0.15, 0.2) is 0 Å². The third-order valence-electron chi connectivity index (χ3n) is 8.93. The molecule has 0 aromatic carbocycles. The van der Waals surface area contributed by atoms with E-state index >= 15 is 0 Å². The molecule has 32 heavy (non-hydrogen) atoms. The first kappa shape index (κ1) is 27.4. The Hall–Kier alpha value is -0.860. The Morgan fingerprint density at radius 1 is 1.09 bits per heavy atom. The molecular formula is C30H52O2. The number of allylic oxidation sites excluding steroid dienone is 5. The summed E-state index contributed by atoms with van der Waals surface area (Å²) in [5.41, 5.74) is 4.20. The molecular weight excluding hydrogens is 392 g/mol. The largest absolute Gasteiger partial charge is 0.390 e. The second kappa shape index (κ2) is 11.0. The van der Waals surface area contributed by atoms with E-state index < -0.39 is 11.7 Å². The van der Waals surface area contributed by atoms with Crippen LogP contribution in [0.25, 0.3) is 0 Å². The number of fused-ring (bicyclic) bond motifs is 1. The number of aliphatic hydroxyl groups excluding tert-OH is 1. The summed E-state index contributed by atoms with van der Waals surface area (Å²) in [6.45, 7) is 19.9. The zero-order chi connectivity index (χ0) is 24.2. The molecule has 0 unspecified atom stereocenters. The fraction of sp³-hybridized carbons (Fsp3) is 0.800. The van der Waals surface area contributed by atoms with Crippen LogP contribution in [0.2, 0.25) is 0 Å². The minimum Gasteiger partial charge on any atom is -0.390 e. The maximum absolute atomic E-state index is 10.00. The lowest BCUT2D eigenvalue weighted by atomic mass is 9.47. The molecule has 4 atom stereocenters. The standard InChI is InChI=1S/C30H52O2/c1-22(12-9-13-23(2)16-19-27(31)29(6,7)32)14-10-15-25-24(3)17-18-26-28(4,5)20-11-21-30(25,26)8/h13-14,25-27,31-32H,3,9-12,15-21H2,1-2,4-8H3/b22-14+,23-13+/t25-,26-,27+,30+/m0/s1. The summed E-state index contributed by atoms with van der Waals surface area (Å²) in [6, 6.07) is 0. The van der Waals surface area contributed by atoms with Gasteiger partial charge in [-0.3, -0.25) is 0 Å². The Labute approximate surface area is 199 Å². The summed E-state index contributed by atoms with van der Waals surface area (Å²) in [6.07, 6.45) is 16.8. The topological polar surface area (TPSA) is 40.5 Å². The van der Waals surface area contributed by atoms with E-state index in [1.807, 2.05) is 0 Å². The van der Waals surface area contributed by atoms with E-state index in [9.17, 15) is 10.2 Å². The molecule has 0 spiro atoms. The molecule has 0 amide bonds. The van der Waals surface area contributed by atoms with Gasteiger partial charge < -0.3 is 10.2 Å². The van der Waals surface area contributed by atoms with Crippen molar-refractivity contribution in [2.75, 3.05) is 0 Å². The van der Waals surface area contributed by atoms with Gasteiger partial charge in [-0.1, -0.05) is 62.6 Å². The van der Waals surface area contributed by atoms with Crippen LogP contribution in [-0.2, 0) is 0 Å². The molecule has 0 saturated heterocycles. The molecule has 2 N–H and O–H groups in total. The predicted octanol–water partition coefficient (Wildman–Crippen LogP) is 8.15. The van der Waals surface area contributed by atoms with Crippen LogP contribution in [0.5, 0.6) is 0 Å². The first-order valence-corrected chi connectivity index (χ1v) is 13.2. The van der Waals surface area contributed by atoms with Crippen molar-refractivity contribution in [1.29, 1.82) is 0 Å². The number of rotatable bonds is 10. The van der Waals surface area contributed by atoms with Gasteiger partial charge in [0.1, 0.15) is 0 Å². The summed E-state index contributed by atoms with van der Waals surface area (Å²) in [7, 11) is 0. The second-order valence-corrected chi connectivity index (χ2v) is 12.6. The lowest BCUT2D eigenvalue weighted by Gasteiger charge is -2.58. The van der Waals surface area contributed by atoms with Gasteiger partial charge in [0, 0.05) is 0 Å². The molecule has 0 radical (unpaired) electrons. The van der Waals surface area contributed by atoms with Crippen LogP contribution in [-0.4, -0.2) is 21.9 Å². The van der Waals surface area contributed by atoms with E-state index in [0.29, 0.717) is 23.2 Å². The molecule has 0 aromatic heterocycles. The molecule has 2 saturated carbocycles. The highest BCUT2D eigenvalue weighted by Crippen LogP contribution is 2.61. The number of hydrogen-bond donors (Lipinski definition) is 2. The van der Waals surface area contributed by atoms with Gasteiger partial charge in [0.25, 0.3) is 0 Å². The van der Waals surface area contributed by atoms with Crippen molar-refractivity contribution < 1.29 is 10.2 Å². The molecule has 2 nitrogen and oxygen atoms in total. The highest BCUT2D eigenvalue weighted by Gasteiger charge is 2.52. The van der Waals surface area contributed by atoms with Crippen LogP contribution in [0.1, 0.15) is 119 Å². The van der Waals surface area contributed by atoms with Crippen molar-refractivity contribution in [1.82, 2.24) is 0 Å². The Balaban J connectivity index is 1.83. The molecule has 2 fully saturated rings. The zero-order valence-electron chi connectivity index (χ0n) is 22.3. The van der Waals surface area contributed by atoms with E-state index in [1.165, 1.54) is 61.7 Å². The van der Waals surface area contributed by atoms with Crippen LogP contribution in [0.3, 0.4) is 0 Å². The zero-order valence-corrected chi connectivity index (χ0v) is 22.3. The maximum Gasteiger partial charge on any atom is 0.0849 e. The normalized spacial score (nSPS) is 30.2. The molecule has 0 heterocycles. The van der Waals surface area contributed by atoms with Gasteiger partial charge in [-0.2, -0.15) is 0 Å². The average Bonchev–Trinajstić information content (AvgIpc) is 2.66. The Morgan fingerprint density at radius 3 is 2.38 bits per heavy atom. The average molecular weight is 445 g/mol. The van der Waals surface area contributed by atoms with Crippen molar-refractivity contribution in [3.05, 3.63) is 35.5 Å². The first-order chi connectivity index (χ1) is 14.8. The van der Waals surface area contributed by atoms with Crippen molar-refractivity contribution >= 4 is 0 Å². The van der Waals surface area contributed by atoms with Crippen molar-refractivity contribution in [3.8, 4) is 0 Å². The summed E-state index contributed by atoms with van der Waals surface area (Å²) in [4.78, 5) is 0. The molecule has 0 aromatic rings. The van der Waals surface area contributed by atoms with E-state index in [2.05, 4.69) is 53.3 Å². The molecule has 0 aliphatic heterocycles. The van der Waals surface area contributed by atoms with E-state index in [-0.39, 0.29) is 0 Å². The Morgan fingerprint density at radius 2 is 1.72 bits per heavy atom. The fourth-order valence-corrected chi connectivity index (χ4v) is 6.77. The molecule has 0 bridgehead atoms. The monoisotopic (exact) mass is 444 g/mol. The molecule has 2 heteroatoms. The number of hydrogen-bond acceptors (Lipinski definition) is 2.